The van der Waals surface area contributed by atoms with Gasteiger partial charge in [0.1, 0.15) is 16.3 Å². The van der Waals surface area contributed by atoms with Crippen molar-refractivity contribution < 1.29 is 47.7 Å². The Hall–Kier alpha value is -2.70. The first-order chi connectivity index (χ1) is 19.8. The second-order valence-electron chi connectivity index (χ2n) is 8.99. The van der Waals surface area contributed by atoms with E-state index in [0.29, 0.717) is 11.2 Å². The van der Waals surface area contributed by atoms with Crippen LogP contribution in [0.1, 0.15) is 24.8 Å². The number of halogens is 2. The zero-order valence-electron chi connectivity index (χ0n) is 22.1. The third-order valence-electron chi connectivity index (χ3n) is 5.87. The van der Waals surface area contributed by atoms with Gasteiger partial charge in [-0.3, -0.25) is 8.37 Å². The molecule has 226 valence electrons. The van der Waals surface area contributed by atoms with E-state index in [2.05, 4.69) is 8.37 Å². The molecule has 0 saturated heterocycles. The summed E-state index contributed by atoms with van der Waals surface area (Å²) >= 11 is 2.82. The molecule has 1 aromatic heterocycles. The number of aromatic nitrogens is 1. The summed E-state index contributed by atoms with van der Waals surface area (Å²) in [6.45, 7) is 1.81. The summed E-state index contributed by atoms with van der Waals surface area (Å²) in [5.41, 5.74) is 2.07. The maximum Gasteiger partial charge on any atom is 0.262 e. The van der Waals surface area contributed by atoms with Crippen LogP contribution in [0.4, 0.5) is 14.5 Å². The zero-order valence-corrected chi connectivity index (χ0v) is 25.3. The minimum Gasteiger partial charge on any atom is -0.726 e. The molecule has 0 aliphatic carbocycles. The van der Waals surface area contributed by atoms with E-state index in [0.717, 1.165) is 25.2 Å². The highest BCUT2D eigenvalue weighted by molar-refractivity contribution is 8.03. The van der Waals surface area contributed by atoms with Crippen molar-refractivity contribution in [1.29, 1.82) is 0 Å². The lowest BCUT2D eigenvalue weighted by Gasteiger charge is -2.20. The standard InChI is InChI=1S/C26H26F2N2O8S4/c1-18(4-10-25-29(12-2-14-37-41(31,32)33)21-16-19(27)6-8-23(21)39-25)5-11-26-30(13-3-15-38-42(34,35)36)22-17-20(28)7-9-24(22)40-26/h4-11,16-17H,2-3,12-15H2,1H3,(H-,31,32,33,34,35,36)/p-1. The van der Waals surface area contributed by atoms with E-state index in [1.807, 2.05) is 40.7 Å². The molecule has 0 amide bonds. The molecule has 0 fully saturated rings. The van der Waals surface area contributed by atoms with Gasteiger partial charge in [0.2, 0.25) is 26.3 Å². The zero-order chi connectivity index (χ0) is 30.5. The first kappa shape index (κ1) is 32.2. The maximum absolute atomic E-state index is 14.0. The van der Waals surface area contributed by atoms with Crippen molar-refractivity contribution in [3.8, 4) is 0 Å². The Morgan fingerprint density at radius 3 is 2.38 bits per heavy atom. The molecule has 0 radical (unpaired) electrons. The molecule has 4 rings (SSSR count). The molecule has 0 bridgehead atoms. The van der Waals surface area contributed by atoms with E-state index >= 15 is 0 Å². The third-order valence-corrected chi connectivity index (χ3v) is 9.04. The Morgan fingerprint density at radius 2 is 1.67 bits per heavy atom. The number of fused-ring (bicyclic) bond motifs is 2. The van der Waals surface area contributed by atoms with Crippen LogP contribution in [0.5, 0.6) is 0 Å². The second-order valence-corrected chi connectivity index (χ2v) is 13.2. The van der Waals surface area contributed by atoms with Crippen LogP contribution >= 0.6 is 23.1 Å². The van der Waals surface area contributed by atoms with Gasteiger partial charge in [0.15, 0.2) is 6.54 Å². The molecule has 0 saturated carbocycles. The van der Waals surface area contributed by atoms with Crippen LogP contribution in [0.3, 0.4) is 0 Å². The average Bonchev–Trinajstić information content (AvgIpc) is 3.42. The van der Waals surface area contributed by atoms with Crippen LogP contribution in [0.15, 0.2) is 70.1 Å². The number of thiazole rings is 1. The molecule has 42 heavy (non-hydrogen) atoms. The summed E-state index contributed by atoms with van der Waals surface area (Å²) in [6, 6.07) is 8.76. The first-order valence-corrected chi connectivity index (χ1v) is 16.7. The highest BCUT2D eigenvalue weighted by atomic mass is 32.3. The van der Waals surface area contributed by atoms with Crippen LogP contribution in [-0.2, 0) is 35.7 Å². The lowest BCUT2D eigenvalue weighted by atomic mass is 10.2. The molecular weight excluding hydrogens is 635 g/mol. The summed E-state index contributed by atoms with van der Waals surface area (Å²) in [7, 11) is -9.61. The van der Waals surface area contributed by atoms with Crippen molar-refractivity contribution in [3.05, 3.63) is 81.9 Å². The summed E-state index contributed by atoms with van der Waals surface area (Å²) < 4.78 is 104. The topological polar surface area (TPSA) is 140 Å². The fraction of sp³-hybridized carbons (Fsp3) is 0.269. The molecule has 10 nitrogen and oxygen atoms in total. The van der Waals surface area contributed by atoms with Gasteiger partial charge in [0.05, 0.1) is 23.9 Å². The van der Waals surface area contributed by atoms with Crippen molar-refractivity contribution in [1.82, 2.24) is 0 Å². The van der Waals surface area contributed by atoms with E-state index in [9.17, 15) is 34.7 Å². The Labute approximate surface area is 250 Å². The molecule has 0 spiro atoms. The van der Waals surface area contributed by atoms with Crippen LogP contribution < -0.4 is 9.47 Å². The number of allylic oxidation sites excluding steroid dienone is 4. The van der Waals surface area contributed by atoms with Crippen LogP contribution in [0.25, 0.3) is 16.3 Å². The van der Waals surface area contributed by atoms with Gasteiger partial charge in [-0.15, -0.1) is 0 Å². The van der Waals surface area contributed by atoms with E-state index in [4.69, 9.17) is 0 Å². The van der Waals surface area contributed by atoms with Gasteiger partial charge in [0.25, 0.3) is 5.01 Å². The Kier molecular flexibility index (Phi) is 10.5. The van der Waals surface area contributed by atoms with Gasteiger partial charge in [0, 0.05) is 30.0 Å². The summed E-state index contributed by atoms with van der Waals surface area (Å²) in [5, 5.41) is 1.52. The van der Waals surface area contributed by atoms with Crippen molar-refractivity contribution in [2.75, 3.05) is 24.7 Å². The maximum atomic E-state index is 14.0. The van der Waals surface area contributed by atoms with Gasteiger partial charge in [-0.25, -0.2) is 25.6 Å². The predicted molar refractivity (Wildman–Crippen MR) is 153 cm³/mol. The van der Waals surface area contributed by atoms with Crippen molar-refractivity contribution >= 4 is 65.9 Å². The minimum absolute atomic E-state index is 0.205. The normalized spacial score (nSPS) is 15.4. The van der Waals surface area contributed by atoms with E-state index in [-0.39, 0.29) is 39.1 Å². The molecule has 1 aliphatic heterocycles. The fourth-order valence-electron chi connectivity index (χ4n) is 4.09. The number of rotatable bonds is 13. The van der Waals surface area contributed by atoms with Gasteiger partial charge < -0.3 is 14.0 Å². The molecule has 2 aromatic carbocycles. The Balaban J connectivity index is 1.53. The number of nitrogens with zero attached hydrogens (tertiary/aromatic N) is 2. The van der Waals surface area contributed by atoms with Crippen molar-refractivity contribution in [2.45, 2.75) is 31.2 Å². The molecule has 0 N–H and O–H groups in total. The lowest BCUT2D eigenvalue weighted by molar-refractivity contribution is -0.669. The molecular formula is C26H25F2N2O8S4-. The van der Waals surface area contributed by atoms with Gasteiger partial charge in [-0.1, -0.05) is 40.8 Å². The number of hydrogen-bond acceptors (Lipinski definition) is 11. The summed E-state index contributed by atoms with van der Waals surface area (Å²) in [5.74, 6) is -0.849. The number of hydrogen-bond donors (Lipinski definition) is 0. The van der Waals surface area contributed by atoms with Gasteiger partial charge >= 0.3 is 0 Å². The quantitative estimate of drug-likeness (QED) is 0.0840. The largest absolute Gasteiger partial charge is 0.726 e. The lowest BCUT2D eigenvalue weighted by Crippen LogP contribution is -2.35. The van der Waals surface area contributed by atoms with E-state index < -0.39 is 32.4 Å². The monoisotopic (exact) mass is 659 g/mol. The van der Waals surface area contributed by atoms with Crippen LogP contribution in [0.2, 0.25) is 0 Å². The summed E-state index contributed by atoms with van der Waals surface area (Å²) in [6.07, 6.45) is 7.77. The fourth-order valence-corrected chi connectivity index (χ4v) is 6.87. The van der Waals surface area contributed by atoms with Gasteiger partial charge in [-0.05, 0) is 49.8 Å². The molecule has 0 unspecified atom stereocenters. The molecule has 3 aromatic rings. The van der Waals surface area contributed by atoms with Crippen LogP contribution in [-0.4, -0.2) is 45.7 Å². The minimum atomic E-state index is -4.81. The number of benzene rings is 2. The van der Waals surface area contributed by atoms with E-state index in [1.165, 1.54) is 47.4 Å². The summed E-state index contributed by atoms with van der Waals surface area (Å²) in [4.78, 5) is 2.63. The third kappa shape index (κ3) is 9.15. The number of anilines is 1. The van der Waals surface area contributed by atoms with Gasteiger partial charge in [-0.2, -0.15) is 4.57 Å². The Morgan fingerprint density at radius 1 is 1.00 bits per heavy atom. The highest BCUT2D eigenvalue weighted by Gasteiger charge is 2.25. The number of aryl methyl sites for hydroxylation is 1. The molecule has 16 heteroatoms. The predicted octanol–water partition coefficient (Wildman–Crippen LogP) is 4.61. The molecule has 0 atom stereocenters. The van der Waals surface area contributed by atoms with Crippen molar-refractivity contribution in [2.24, 2.45) is 0 Å². The second kappa shape index (κ2) is 13.7. The van der Waals surface area contributed by atoms with Crippen molar-refractivity contribution in [3.63, 3.8) is 0 Å². The molecule has 2 heterocycles. The first-order valence-electron chi connectivity index (χ1n) is 12.4. The SMILES string of the molecule is CC(C=Cc1sc2ccc(F)cc2[n+]1CCCOS(=O)(=O)[O-])=CC=C1Sc2ccc(F)cc2N1CCCOS(=O)(=O)[O-]. The number of thioether (sulfide) groups is 1. The smallest absolute Gasteiger partial charge is 0.262 e. The molecule has 1 aliphatic rings. The van der Waals surface area contributed by atoms with Crippen LogP contribution in [0, 0.1) is 11.6 Å². The van der Waals surface area contributed by atoms with E-state index in [1.54, 1.807) is 12.1 Å². The highest BCUT2D eigenvalue weighted by Crippen LogP contribution is 2.46. The Bertz CT molecular complexity index is 1770. The average molecular weight is 660 g/mol.